The monoisotopic (exact) mass is 472 g/mol. The molecule has 2 aliphatic rings. The van der Waals surface area contributed by atoms with Crippen molar-refractivity contribution >= 4 is 16.9 Å². The van der Waals surface area contributed by atoms with Gasteiger partial charge in [-0.15, -0.1) is 0 Å². The van der Waals surface area contributed by atoms with Crippen molar-refractivity contribution in [2.24, 2.45) is 0 Å². The van der Waals surface area contributed by atoms with Gasteiger partial charge in [0.2, 0.25) is 6.79 Å². The molecule has 3 heterocycles. The largest absolute Gasteiger partial charge is 0.454 e. The van der Waals surface area contributed by atoms with Gasteiger partial charge < -0.3 is 14.0 Å². The molecule has 0 amide bonds. The maximum absolute atomic E-state index is 13.6. The Bertz CT molecular complexity index is 1540. The number of imidazole rings is 1. The molecular weight excluding hydrogens is 448 g/mol. The first-order valence-corrected chi connectivity index (χ1v) is 11.8. The first-order valence-electron chi connectivity index (χ1n) is 11.8. The highest BCUT2D eigenvalue weighted by atomic mass is 16.7. The molecule has 1 saturated carbocycles. The summed E-state index contributed by atoms with van der Waals surface area (Å²) in [5, 5.41) is 0. The number of carbonyl (C=O) groups is 1. The molecule has 0 spiro atoms. The standard InChI is InChI=1S/C26H24N4O5/c31-20(18-10-11-21-22(12-18)35-16-34-21)14-29-25(32)23-24(27-15-30(23)19-8-4-5-9-19)28(26(29)33)13-17-6-2-1-3-7-17/h1-3,6-7,10-12,15,19H,4-5,8-9,13-14,16H2. The molecule has 0 saturated heterocycles. The lowest BCUT2D eigenvalue weighted by atomic mass is 10.1. The van der Waals surface area contributed by atoms with Gasteiger partial charge in [0.15, 0.2) is 28.4 Å². The van der Waals surface area contributed by atoms with Crippen LogP contribution in [0.25, 0.3) is 11.2 Å². The number of carbonyl (C=O) groups excluding carboxylic acids is 1. The fourth-order valence-corrected chi connectivity index (χ4v) is 5.02. The SMILES string of the molecule is O=C(Cn1c(=O)c2c(ncn2C2CCCC2)n(Cc2ccccc2)c1=O)c1ccc2c(c1)OCO2. The van der Waals surface area contributed by atoms with Crippen molar-refractivity contribution in [1.29, 1.82) is 0 Å². The number of aromatic nitrogens is 4. The van der Waals surface area contributed by atoms with E-state index in [1.807, 2.05) is 34.9 Å². The number of benzene rings is 2. The number of Topliss-reactive ketones (excluding diaryl/α,β-unsaturated/α-hetero) is 1. The Morgan fingerprint density at radius 1 is 0.971 bits per heavy atom. The molecule has 0 bridgehead atoms. The number of nitrogens with zero attached hydrogens (tertiary/aromatic N) is 4. The van der Waals surface area contributed by atoms with Crippen molar-refractivity contribution in [2.75, 3.05) is 6.79 Å². The van der Waals surface area contributed by atoms with Crippen molar-refractivity contribution in [3.05, 3.63) is 86.8 Å². The van der Waals surface area contributed by atoms with Crippen LogP contribution in [-0.2, 0) is 13.1 Å². The molecule has 1 fully saturated rings. The summed E-state index contributed by atoms with van der Waals surface area (Å²) in [6.45, 7) is -0.0350. The topological polar surface area (TPSA) is 97.4 Å². The third kappa shape index (κ3) is 3.73. The van der Waals surface area contributed by atoms with E-state index in [4.69, 9.17) is 9.47 Å². The molecule has 4 aromatic rings. The summed E-state index contributed by atoms with van der Waals surface area (Å²) >= 11 is 0. The molecule has 9 nitrogen and oxygen atoms in total. The van der Waals surface area contributed by atoms with Crippen LogP contribution in [0.3, 0.4) is 0 Å². The van der Waals surface area contributed by atoms with E-state index in [1.165, 1.54) is 4.57 Å². The molecule has 0 radical (unpaired) electrons. The zero-order valence-corrected chi connectivity index (χ0v) is 19.1. The second-order valence-corrected chi connectivity index (χ2v) is 9.00. The summed E-state index contributed by atoms with van der Waals surface area (Å²) in [7, 11) is 0. The normalized spacial score (nSPS) is 15.2. The van der Waals surface area contributed by atoms with E-state index in [9.17, 15) is 14.4 Å². The van der Waals surface area contributed by atoms with Crippen molar-refractivity contribution < 1.29 is 14.3 Å². The Balaban J connectivity index is 1.47. The average molecular weight is 473 g/mol. The zero-order chi connectivity index (χ0) is 23.9. The predicted octanol–water partition coefficient (Wildman–Crippen LogP) is 3.13. The average Bonchev–Trinajstić information content (AvgIpc) is 3.64. The van der Waals surface area contributed by atoms with Gasteiger partial charge in [-0.3, -0.25) is 18.7 Å². The molecule has 35 heavy (non-hydrogen) atoms. The third-order valence-corrected chi connectivity index (χ3v) is 6.84. The molecule has 6 rings (SSSR count). The lowest BCUT2D eigenvalue weighted by Gasteiger charge is -2.15. The molecule has 0 unspecified atom stereocenters. The van der Waals surface area contributed by atoms with Gasteiger partial charge in [-0.05, 0) is 36.6 Å². The van der Waals surface area contributed by atoms with Gasteiger partial charge in [-0.25, -0.2) is 9.78 Å². The highest BCUT2D eigenvalue weighted by Gasteiger charge is 2.25. The number of fused-ring (bicyclic) bond motifs is 2. The van der Waals surface area contributed by atoms with Crippen LogP contribution in [0.1, 0.15) is 47.6 Å². The van der Waals surface area contributed by atoms with Crippen molar-refractivity contribution in [3.8, 4) is 11.5 Å². The maximum atomic E-state index is 13.6. The Hall–Kier alpha value is -4.14. The van der Waals surface area contributed by atoms with Crippen molar-refractivity contribution in [1.82, 2.24) is 18.7 Å². The minimum absolute atomic E-state index is 0.0957. The van der Waals surface area contributed by atoms with Crippen molar-refractivity contribution in [3.63, 3.8) is 0 Å². The quantitative estimate of drug-likeness (QED) is 0.400. The molecule has 1 aliphatic carbocycles. The van der Waals surface area contributed by atoms with Gasteiger partial charge in [0.1, 0.15) is 0 Å². The van der Waals surface area contributed by atoms with Gasteiger partial charge in [-0.1, -0.05) is 43.2 Å². The summed E-state index contributed by atoms with van der Waals surface area (Å²) in [5.74, 6) is 0.672. The van der Waals surface area contributed by atoms with Crippen LogP contribution in [-0.4, -0.2) is 31.3 Å². The smallest absolute Gasteiger partial charge is 0.333 e. The number of ketones is 1. The molecule has 0 N–H and O–H groups in total. The van der Waals surface area contributed by atoms with E-state index in [1.54, 1.807) is 24.5 Å². The minimum atomic E-state index is -0.558. The van der Waals surface area contributed by atoms with Gasteiger partial charge in [0.05, 0.1) is 19.4 Å². The number of rotatable bonds is 6. The summed E-state index contributed by atoms with van der Waals surface area (Å²) in [6, 6.07) is 14.5. The Labute approximate surface area is 200 Å². The molecule has 1 aliphatic heterocycles. The van der Waals surface area contributed by atoms with Crippen LogP contribution in [0.4, 0.5) is 0 Å². The second kappa shape index (κ2) is 8.57. The predicted molar refractivity (Wildman–Crippen MR) is 128 cm³/mol. The van der Waals surface area contributed by atoms with E-state index in [2.05, 4.69) is 4.98 Å². The number of hydrogen-bond donors (Lipinski definition) is 0. The fourth-order valence-electron chi connectivity index (χ4n) is 5.02. The molecule has 0 atom stereocenters. The summed E-state index contributed by atoms with van der Waals surface area (Å²) < 4.78 is 15.1. The van der Waals surface area contributed by atoms with Crippen LogP contribution in [0, 0.1) is 0 Å². The van der Waals surface area contributed by atoms with Gasteiger partial charge in [0, 0.05) is 11.6 Å². The molecular formula is C26H24N4O5. The van der Waals surface area contributed by atoms with Gasteiger partial charge in [-0.2, -0.15) is 0 Å². The highest BCUT2D eigenvalue weighted by molar-refractivity contribution is 5.96. The number of hydrogen-bond acceptors (Lipinski definition) is 6. The van der Waals surface area contributed by atoms with E-state index in [0.29, 0.717) is 28.2 Å². The minimum Gasteiger partial charge on any atom is -0.454 e. The molecule has 9 heteroatoms. The van der Waals surface area contributed by atoms with Gasteiger partial charge >= 0.3 is 5.69 Å². The zero-order valence-electron chi connectivity index (χ0n) is 19.1. The molecule has 178 valence electrons. The fraction of sp³-hybridized carbons (Fsp3) is 0.308. The summed E-state index contributed by atoms with van der Waals surface area (Å²) in [5.41, 5.74) is 0.913. The first kappa shape index (κ1) is 21.4. The molecule has 2 aromatic carbocycles. The third-order valence-electron chi connectivity index (χ3n) is 6.84. The van der Waals surface area contributed by atoms with E-state index < -0.39 is 11.2 Å². The van der Waals surface area contributed by atoms with Gasteiger partial charge in [0.25, 0.3) is 5.56 Å². The lowest BCUT2D eigenvalue weighted by molar-refractivity contribution is 0.0968. The van der Waals surface area contributed by atoms with E-state index in [-0.39, 0.29) is 31.7 Å². The van der Waals surface area contributed by atoms with E-state index >= 15 is 0 Å². The van der Waals surface area contributed by atoms with Crippen LogP contribution in [0.15, 0.2) is 64.4 Å². The Morgan fingerprint density at radius 2 is 1.74 bits per heavy atom. The number of ether oxygens (including phenoxy) is 2. The first-order chi connectivity index (χ1) is 17.1. The Morgan fingerprint density at radius 3 is 2.54 bits per heavy atom. The van der Waals surface area contributed by atoms with Crippen LogP contribution in [0.2, 0.25) is 0 Å². The highest BCUT2D eigenvalue weighted by Crippen LogP contribution is 2.33. The summed E-state index contributed by atoms with van der Waals surface area (Å²) in [4.78, 5) is 44.9. The van der Waals surface area contributed by atoms with Crippen molar-refractivity contribution in [2.45, 2.75) is 44.8 Å². The van der Waals surface area contributed by atoms with E-state index in [0.717, 1.165) is 35.8 Å². The lowest BCUT2D eigenvalue weighted by Crippen LogP contribution is -2.42. The Kier molecular flexibility index (Phi) is 5.24. The van der Waals surface area contributed by atoms with Crippen LogP contribution in [0.5, 0.6) is 11.5 Å². The maximum Gasteiger partial charge on any atom is 0.333 e. The second-order valence-electron chi connectivity index (χ2n) is 9.00. The van der Waals surface area contributed by atoms with Crippen LogP contribution < -0.4 is 20.7 Å². The van der Waals surface area contributed by atoms with Crippen LogP contribution >= 0.6 is 0 Å². The summed E-state index contributed by atoms with van der Waals surface area (Å²) in [6.07, 6.45) is 5.75. The molecule has 2 aromatic heterocycles.